The number of carbonyl (C=O) groups excluding carboxylic acids is 1. The number of alkyl halides is 1. The van der Waals surface area contributed by atoms with Crippen molar-refractivity contribution in [3.8, 4) is 5.75 Å². The summed E-state index contributed by atoms with van der Waals surface area (Å²) in [6, 6.07) is 9.48. The minimum absolute atomic E-state index is 0.173. The Hall–Kier alpha value is -1.03. The second kappa shape index (κ2) is 8.12. The van der Waals surface area contributed by atoms with E-state index in [2.05, 4.69) is 15.9 Å². The molecule has 0 aliphatic heterocycles. The van der Waals surface area contributed by atoms with E-state index >= 15 is 0 Å². The molecule has 0 aliphatic carbocycles. The molecule has 0 bridgehead atoms. The fourth-order valence-electron chi connectivity index (χ4n) is 1.26. The van der Waals surface area contributed by atoms with Gasteiger partial charge in [0.1, 0.15) is 18.5 Å². The van der Waals surface area contributed by atoms with Gasteiger partial charge in [-0.1, -0.05) is 41.1 Å². The van der Waals surface area contributed by atoms with E-state index in [1.54, 1.807) is 0 Å². The fraction of sp³-hybridized carbons (Fsp3) is 0.462. The number of halogens is 1. The van der Waals surface area contributed by atoms with Crippen LogP contribution in [-0.2, 0) is 9.53 Å². The number of carbonyl (C=O) groups is 1. The number of para-hydroxylation sites is 1. The van der Waals surface area contributed by atoms with Crippen LogP contribution in [-0.4, -0.2) is 24.0 Å². The average Bonchev–Trinajstić information content (AvgIpc) is 2.36. The molecule has 1 aromatic rings. The largest absolute Gasteiger partial charge is 0.490 e. The maximum absolute atomic E-state index is 11.3. The van der Waals surface area contributed by atoms with Crippen LogP contribution >= 0.6 is 15.9 Å². The Morgan fingerprint density at radius 1 is 1.35 bits per heavy atom. The van der Waals surface area contributed by atoms with Gasteiger partial charge in [0.15, 0.2) is 0 Å². The SMILES string of the molecule is CCCC(=O)O[C@H](CBr)COc1ccccc1. The molecule has 0 N–H and O–H groups in total. The first-order valence-electron chi connectivity index (χ1n) is 5.69. The van der Waals surface area contributed by atoms with E-state index in [9.17, 15) is 4.79 Å². The van der Waals surface area contributed by atoms with Gasteiger partial charge >= 0.3 is 5.97 Å². The van der Waals surface area contributed by atoms with Gasteiger partial charge in [0, 0.05) is 11.8 Å². The van der Waals surface area contributed by atoms with Gasteiger partial charge in [-0.2, -0.15) is 0 Å². The molecule has 17 heavy (non-hydrogen) atoms. The van der Waals surface area contributed by atoms with Crippen LogP contribution in [0.1, 0.15) is 19.8 Å². The van der Waals surface area contributed by atoms with Gasteiger partial charge in [-0.15, -0.1) is 0 Å². The normalized spacial score (nSPS) is 11.9. The summed E-state index contributed by atoms with van der Waals surface area (Å²) in [6.45, 7) is 2.32. The van der Waals surface area contributed by atoms with Crippen molar-refractivity contribution < 1.29 is 14.3 Å². The topological polar surface area (TPSA) is 35.5 Å². The zero-order valence-electron chi connectivity index (χ0n) is 9.90. The average molecular weight is 301 g/mol. The quantitative estimate of drug-likeness (QED) is 0.573. The molecule has 1 aromatic carbocycles. The summed E-state index contributed by atoms with van der Waals surface area (Å²) in [6.07, 6.45) is 1.01. The van der Waals surface area contributed by atoms with Crippen LogP contribution in [0.2, 0.25) is 0 Å². The predicted octanol–water partition coefficient (Wildman–Crippen LogP) is 3.17. The zero-order valence-corrected chi connectivity index (χ0v) is 11.5. The summed E-state index contributed by atoms with van der Waals surface area (Å²) in [5, 5.41) is 0.579. The van der Waals surface area contributed by atoms with E-state index in [0.29, 0.717) is 18.4 Å². The van der Waals surface area contributed by atoms with Crippen molar-refractivity contribution in [2.24, 2.45) is 0 Å². The Morgan fingerprint density at radius 3 is 2.65 bits per heavy atom. The first-order valence-corrected chi connectivity index (χ1v) is 6.81. The van der Waals surface area contributed by atoms with Crippen molar-refractivity contribution in [1.29, 1.82) is 0 Å². The number of hydrogen-bond donors (Lipinski definition) is 0. The molecule has 1 rings (SSSR count). The van der Waals surface area contributed by atoms with Gasteiger partial charge in [0.25, 0.3) is 0 Å². The Bertz CT molecular complexity index is 327. The van der Waals surface area contributed by atoms with Gasteiger partial charge in [-0.25, -0.2) is 0 Å². The van der Waals surface area contributed by atoms with Crippen LogP contribution < -0.4 is 4.74 Å². The lowest BCUT2D eigenvalue weighted by molar-refractivity contribution is -0.149. The van der Waals surface area contributed by atoms with Gasteiger partial charge in [0.2, 0.25) is 0 Å². The van der Waals surface area contributed by atoms with Crippen LogP contribution in [0.4, 0.5) is 0 Å². The van der Waals surface area contributed by atoms with E-state index in [1.165, 1.54) is 0 Å². The maximum Gasteiger partial charge on any atom is 0.306 e. The summed E-state index contributed by atoms with van der Waals surface area (Å²) in [5.41, 5.74) is 0. The first-order chi connectivity index (χ1) is 8.26. The van der Waals surface area contributed by atoms with Gasteiger partial charge in [0.05, 0.1) is 0 Å². The molecule has 0 aliphatic rings. The first kappa shape index (κ1) is 14.0. The third-order valence-electron chi connectivity index (χ3n) is 2.10. The van der Waals surface area contributed by atoms with Crippen LogP contribution in [0, 0.1) is 0 Å². The van der Waals surface area contributed by atoms with Crippen molar-refractivity contribution in [2.75, 3.05) is 11.9 Å². The molecule has 0 aromatic heterocycles. The molecule has 0 saturated heterocycles. The highest BCUT2D eigenvalue weighted by Crippen LogP contribution is 2.10. The summed E-state index contributed by atoms with van der Waals surface area (Å²) < 4.78 is 10.8. The molecule has 0 spiro atoms. The summed E-state index contributed by atoms with van der Waals surface area (Å²) in [7, 11) is 0. The van der Waals surface area contributed by atoms with E-state index in [1.807, 2.05) is 37.3 Å². The lowest BCUT2D eigenvalue weighted by atomic mass is 10.3. The van der Waals surface area contributed by atoms with Gasteiger partial charge < -0.3 is 9.47 Å². The summed E-state index contributed by atoms with van der Waals surface area (Å²) in [4.78, 5) is 11.3. The second-order valence-corrected chi connectivity index (χ2v) is 4.29. The van der Waals surface area contributed by atoms with Crippen LogP contribution in [0.3, 0.4) is 0 Å². The van der Waals surface area contributed by atoms with E-state index in [0.717, 1.165) is 12.2 Å². The Morgan fingerprint density at radius 2 is 2.06 bits per heavy atom. The second-order valence-electron chi connectivity index (χ2n) is 3.64. The van der Waals surface area contributed by atoms with Gasteiger partial charge in [-0.05, 0) is 18.6 Å². The van der Waals surface area contributed by atoms with Crippen molar-refractivity contribution in [3.63, 3.8) is 0 Å². The molecule has 0 amide bonds. The molecule has 3 nitrogen and oxygen atoms in total. The van der Waals surface area contributed by atoms with E-state index in [-0.39, 0.29) is 12.1 Å². The monoisotopic (exact) mass is 300 g/mol. The minimum Gasteiger partial charge on any atom is -0.490 e. The maximum atomic E-state index is 11.3. The highest BCUT2D eigenvalue weighted by atomic mass is 79.9. The number of hydrogen-bond acceptors (Lipinski definition) is 3. The molecular weight excluding hydrogens is 284 g/mol. The van der Waals surface area contributed by atoms with Crippen LogP contribution in [0.25, 0.3) is 0 Å². The Balaban J connectivity index is 2.34. The van der Waals surface area contributed by atoms with E-state index < -0.39 is 0 Å². The molecule has 94 valence electrons. The fourth-order valence-corrected chi connectivity index (χ4v) is 1.58. The lowest BCUT2D eigenvalue weighted by Gasteiger charge is -2.16. The van der Waals surface area contributed by atoms with Crippen molar-refractivity contribution in [3.05, 3.63) is 30.3 Å². The third-order valence-corrected chi connectivity index (χ3v) is 2.83. The summed E-state index contributed by atoms with van der Waals surface area (Å²) in [5.74, 6) is 0.610. The minimum atomic E-state index is -0.241. The number of rotatable bonds is 7. The number of ether oxygens (including phenoxy) is 2. The summed E-state index contributed by atoms with van der Waals surface area (Å²) >= 11 is 3.31. The molecule has 0 heterocycles. The smallest absolute Gasteiger partial charge is 0.306 e. The van der Waals surface area contributed by atoms with Crippen LogP contribution in [0.15, 0.2) is 30.3 Å². The molecule has 4 heteroatoms. The van der Waals surface area contributed by atoms with Crippen LogP contribution in [0.5, 0.6) is 5.75 Å². The Labute approximate surface area is 110 Å². The Kier molecular flexibility index (Phi) is 6.70. The van der Waals surface area contributed by atoms with Crippen molar-refractivity contribution in [2.45, 2.75) is 25.9 Å². The lowest BCUT2D eigenvalue weighted by Crippen LogP contribution is -2.26. The number of benzene rings is 1. The highest BCUT2D eigenvalue weighted by molar-refractivity contribution is 9.09. The van der Waals surface area contributed by atoms with Gasteiger partial charge in [-0.3, -0.25) is 4.79 Å². The third kappa shape index (κ3) is 5.73. The van der Waals surface area contributed by atoms with Crippen molar-refractivity contribution >= 4 is 21.9 Å². The molecule has 0 fully saturated rings. The molecular formula is C13H17BrO3. The van der Waals surface area contributed by atoms with Crippen molar-refractivity contribution in [1.82, 2.24) is 0 Å². The predicted molar refractivity (Wildman–Crippen MR) is 70.5 cm³/mol. The van der Waals surface area contributed by atoms with E-state index in [4.69, 9.17) is 9.47 Å². The number of esters is 1. The standard InChI is InChI=1S/C13H17BrO3/c1-2-6-13(15)17-12(9-14)10-16-11-7-4-3-5-8-11/h3-5,7-8,12H,2,6,9-10H2,1H3/t12-/m1/s1. The zero-order chi connectivity index (χ0) is 12.5. The molecule has 0 saturated carbocycles. The highest BCUT2D eigenvalue weighted by Gasteiger charge is 2.13. The molecule has 0 radical (unpaired) electrons. The molecule has 1 atom stereocenters. The molecule has 0 unspecified atom stereocenters.